The molecule has 1 atom stereocenters. The maximum atomic E-state index is 13.3. The second-order valence-electron chi connectivity index (χ2n) is 7.78. The Bertz CT molecular complexity index is 1550. The van der Waals surface area contributed by atoms with Crippen molar-refractivity contribution in [1.29, 1.82) is 0 Å². The van der Waals surface area contributed by atoms with Crippen molar-refractivity contribution in [2.75, 3.05) is 0 Å². The first kappa shape index (κ1) is 27.0. The van der Waals surface area contributed by atoms with Gasteiger partial charge in [-0.1, -0.05) is 47.1 Å². The van der Waals surface area contributed by atoms with Crippen LogP contribution < -0.4 is 4.72 Å². The monoisotopic (exact) mass is 581 g/mol. The molecule has 14 heteroatoms. The van der Waals surface area contributed by atoms with Crippen LogP contribution in [0.1, 0.15) is 24.4 Å². The van der Waals surface area contributed by atoms with Crippen molar-refractivity contribution in [1.82, 2.24) is 19.5 Å². The highest BCUT2D eigenvalue weighted by Crippen LogP contribution is 2.30. The summed E-state index contributed by atoms with van der Waals surface area (Å²) in [4.78, 5) is 10.4. The molecule has 0 aliphatic carbocycles. The number of nitrogens with one attached hydrogen (secondary N) is 1. The number of nitrogens with zero attached hydrogens (tertiary/aromatic N) is 4. The zero-order valence-electron chi connectivity index (χ0n) is 19.0. The third-order valence-electron chi connectivity index (χ3n) is 5.16. The fraction of sp³-hybridized carbons (Fsp3) is 0.130. The van der Waals surface area contributed by atoms with Gasteiger partial charge < -0.3 is 0 Å². The standard InChI is InChI=1S/C23H18Cl2FN5O4S2/c1-14(29-37(34,35)21-12-16(24)4-11-20(21)25)22-27-28-23(36-13-15-2-5-17(26)6-3-15)30(22)18-7-9-19(10-8-18)31(32)33/h2-12,14,29H,13H2,1H3. The molecule has 192 valence electrons. The van der Waals surface area contributed by atoms with E-state index in [1.807, 2.05) is 0 Å². The first-order chi connectivity index (χ1) is 17.5. The smallest absolute Gasteiger partial charge is 0.269 e. The molecule has 0 saturated heterocycles. The summed E-state index contributed by atoms with van der Waals surface area (Å²) < 4.78 is 43.6. The molecule has 0 aliphatic rings. The number of halogens is 3. The molecule has 1 N–H and O–H groups in total. The molecule has 0 amide bonds. The number of aromatic nitrogens is 3. The number of sulfonamides is 1. The van der Waals surface area contributed by atoms with E-state index in [-0.39, 0.29) is 32.3 Å². The maximum absolute atomic E-state index is 13.3. The van der Waals surface area contributed by atoms with Gasteiger partial charge in [0.1, 0.15) is 10.7 Å². The molecule has 0 radical (unpaired) electrons. The summed E-state index contributed by atoms with van der Waals surface area (Å²) in [6.07, 6.45) is 0. The van der Waals surface area contributed by atoms with Crippen LogP contribution in [0.25, 0.3) is 5.69 Å². The second-order valence-corrected chi connectivity index (χ2v) is 11.3. The molecule has 0 bridgehead atoms. The molecule has 4 rings (SSSR count). The zero-order chi connectivity index (χ0) is 26.7. The SMILES string of the molecule is CC(NS(=O)(=O)c1cc(Cl)ccc1Cl)c1nnc(SCc2ccc(F)cc2)n1-c1ccc([N+](=O)[O-])cc1. The Kier molecular flexibility index (Phi) is 8.14. The van der Waals surface area contributed by atoms with Crippen molar-refractivity contribution in [2.24, 2.45) is 0 Å². The largest absolute Gasteiger partial charge is 0.273 e. The lowest BCUT2D eigenvalue weighted by atomic mass is 10.2. The van der Waals surface area contributed by atoms with Gasteiger partial charge in [0.2, 0.25) is 10.0 Å². The van der Waals surface area contributed by atoms with Crippen molar-refractivity contribution >= 4 is 50.7 Å². The van der Waals surface area contributed by atoms with Crippen molar-refractivity contribution in [2.45, 2.75) is 28.8 Å². The number of hydrogen-bond acceptors (Lipinski definition) is 7. The van der Waals surface area contributed by atoms with Crippen LogP contribution in [0.5, 0.6) is 0 Å². The minimum absolute atomic E-state index is 0.00326. The van der Waals surface area contributed by atoms with E-state index in [1.54, 1.807) is 23.6 Å². The van der Waals surface area contributed by atoms with E-state index in [0.717, 1.165) is 5.56 Å². The molecule has 0 saturated carbocycles. The summed E-state index contributed by atoms with van der Waals surface area (Å²) in [5, 5.41) is 20.1. The van der Waals surface area contributed by atoms with Gasteiger partial charge in [-0.2, -0.15) is 0 Å². The Morgan fingerprint density at radius 1 is 1.08 bits per heavy atom. The van der Waals surface area contributed by atoms with E-state index >= 15 is 0 Å². The van der Waals surface area contributed by atoms with Gasteiger partial charge in [0.15, 0.2) is 11.0 Å². The summed E-state index contributed by atoms with van der Waals surface area (Å²) in [7, 11) is -4.11. The van der Waals surface area contributed by atoms with Gasteiger partial charge in [-0.25, -0.2) is 17.5 Å². The van der Waals surface area contributed by atoms with Crippen LogP contribution >= 0.6 is 35.0 Å². The molecule has 1 aromatic heterocycles. The van der Waals surface area contributed by atoms with Gasteiger partial charge >= 0.3 is 0 Å². The lowest BCUT2D eigenvalue weighted by Crippen LogP contribution is -2.29. The van der Waals surface area contributed by atoms with Crippen LogP contribution in [0, 0.1) is 15.9 Å². The number of hydrogen-bond donors (Lipinski definition) is 1. The average Bonchev–Trinajstić information content (AvgIpc) is 3.29. The van der Waals surface area contributed by atoms with Gasteiger partial charge in [0, 0.05) is 28.6 Å². The van der Waals surface area contributed by atoms with Crippen LogP contribution in [-0.2, 0) is 15.8 Å². The van der Waals surface area contributed by atoms with E-state index in [0.29, 0.717) is 16.6 Å². The topological polar surface area (TPSA) is 120 Å². The summed E-state index contributed by atoms with van der Waals surface area (Å²) in [6, 6.07) is 14.9. The molecule has 3 aromatic carbocycles. The first-order valence-electron chi connectivity index (χ1n) is 10.6. The minimum atomic E-state index is -4.11. The fourth-order valence-corrected chi connectivity index (χ4v) is 6.26. The van der Waals surface area contributed by atoms with Gasteiger partial charge in [0.25, 0.3) is 5.69 Å². The Morgan fingerprint density at radius 2 is 1.76 bits per heavy atom. The third kappa shape index (κ3) is 6.28. The van der Waals surface area contributed by atoms with Gasteiger partial charge in [-0.05, 0) is 55.0 Å². The first-order valence-corrected chi connectivity index (χ1v) is 13.8. The number of thioether (sulfide) groups is 1. The quantitative estimate of drug-likeness (QED) is 0.147. The molecule has 1 unspecified atom stereocenters. The lowest BCUT2D eigenvalue weighted by molar-refractivity contribution is -0.384. The van der Waals surface area contributed by atoms with E-state index in [4.69, 9.17) is 23.2 Å². The summed E-state index contributed by atoms with van der Waals surface area (Å²) in [6.45, 7) is 1.58. The van der Waals surface area contributed by atoms with Crippen molar-refractivity contribution in [3.63, 3.8) is 0 Å². The second kappa shape index (κ2) is 11.2. The molecule has 1 heterocycles. The molecular weight excluding hydrogens is 564 g/mol. The van der Waals surface area contributed by atoms with Crippen LogP contribution in [0.2, 0.25) is 10.0 Å². The summed E-state index contributed by atoms with van der Waals surface area (Å²) in [5.41, 5.74) is 1.21. The Morgan fingerprint density at radius 3 is 2.41 bits per heavy atom. The highest BCUT2D eigenvalue weighted by Gasteiger charge is 2.26. The predicted molar refractivity (Wildman–Crippen MR) is 139 cm³/mol. The summed E-state index contributed by atoms with van der Waals surface area (Å²) in [5.74, 6) is 0.298. The van der Waals surface area contributed by atoms with E-state index in [2.05, 4.69) is 14.9 Å². The van der Waals surface area contributed by atoms with Crippen molar-refractivity contribution in [3.8, 4) is 5.69 Å². The number of non-ortho nitro benzene ring substituents is 1. The lowest BCUT2D eigenvalue weighted by Gasteiger charge is -2.17. The highest BCUT2D eigenvalue weighted by molar-refractivity contribution is 7.98. The molecule has 9 nitrogen and oxygen atoms in total. The predicted octanol–water partition coefficient (Wildman–Crippen LogP) is 5.95. The number of nitro benzene ring substituents is 1. The molecular formula is C23H18Cl2FN5O4S2. The molecule has 0 spiro atoms. The zero-order valence-corrected chi connectivity index (χ0v) is 22.2. The molecule has 0 aliphatic heterocycles. The highest BCUT2D eigenvalue weighted by atomic mass is 35.5. The van der Waals surface area contributed by atoms with Crippen LogP contribution in [0.15, 0.2) is 76.8 Å². The number of nitro groups is 1. The maximum Gasteiger partial charge on any atom is 0.269 e. The molecule has 4 aromatic rings. The normalized spacial score (nSPS) is 12.4. The third-order valence-corrected chi connectivity index (χ3v) is 8.42. The minimum Gasteiger partial charge on any atom is -0.273 e. The Labute approximate surface area is 225 Å². The van der Waals surface area contributed by atoms with Gasteiger partial charge in [-0.3, -0.25) is 14.7 Å². The summed E-state index contributed by atoms with van der Waals surface area (Å²) >= 11 is 13.3. The van der Waals surface area contributed by atoms with E-state index in [9.17, 15) is 22.9 Å². The Balaban J connectivity index is 1.69. The van der Waals surface area contributed by atoms with Crippen molar-refractivity contribution < 1.29 is 17.7 Å². The van der Waals surface area contributed by atoms with Crippen LogP contribution in [0.3, 0.4) is 0 Å². The number of benzene rings is 3. The van der Waals surface area contributed by atoms with Gasteiger partial charge in [0.05, 0.1) is 16.0 Å². The van der Waals surface area contributed by atoms with Crippen LogP contribution in [-0.4, -0.2) is 28.1 Å². The van der Waals surface area contributed by atoms with Gasteiger partial charge in [-0.15, -0.1) is 10.2 Å². The molecule has 0 fully saturated rings. The van der Waals surface area contributed by atoms with E-state index in [1.165, 1.54) is 66.4 Å². The average molecular weight is 582 g/mol. The number of rotatable bonds is 9. The Hall–Kier alpha value is -3.03. The van der Waals surface area contributed by atoms with E-state index < -0.39 is 21.0 Å². The fourth-order valence-electron chi connectivity index (χ4n) is 3.38. The van der Waals surface area contributed by atoms with Crippen molar-refractivity contribution in [3.05, 3.63) is 104 Å². The van der Waals surface area contributed by atoms with Crippen LogP contribution in [0.4, 0.5) is 10.1 Å². The molecule has 37 heavy (non-hydrogen) atoms.